The lowest BCUT2D eigenvalue weighted by molar-refractivity contribution is -0.385. The smallest absolute Gasteiger partial charge is 0.363 e. The molecule has 0 fully saturated rings. The summed E-state index contributed by atoms with van der Waals surface area (Å²) in [7, 11) is 1.57. The number of benzene rings is 2. The summed E-state index contributed by atoms with van der Waals surface area (Å²) in [6, 6.07) is 11.7. The van der Waals surface area contributed by atoms with Crippen LogP contribution in [0.1, 0.15) is 16.7 Å². The number of cyclic esters (lactones) is 1. The van der Waals surface area contributed by atoms with Gasteiger partial charge in [0.1, 0.15) is 5.75 Å². The van der Waals surface area contributed by atoms with Gasteiger partial charge in [0.25, 0.3) is 5.69 Å². The molecular formula is C18H14N2O5. The first-order valence-electron chi connectivity index (χ1n) is 7.40. The van der Waals surface area contributed by atoms with Crippen molar-refractivity contribution < 1.29 is 19.2 Å². The molecule has 2 aromatic rings. The largest absolute Gasteiger partial charge is 0.497 e. The van der Waals surface area contributed by atoms with Crippen LogP contribution >= 0.6 is 0 Å². The molecule has 0 atom stereocenters. The van der Waals surface area contributed by atoms with Gasteiger partial charge >= 0.3 is 5.97 Å². The molecule has 1 aliphatic heterocycles. The second kappa shape index (κ2) is 6.56. The van der Waals surface area contributed by atoms with E-state index in [2.05, 4.69) is 4.99 Å². The highest BCUT2D eigenvalue weighted by Gasteiger charge is 2.25. The summed E-state index contributed by atoms with van der Waals surface area (Å²) < 4.78 is 10.2. The highest BCUT2D eigenvalue weighted by Crippen LogP contribution is 2.24. The number of nitro benzene ring substituents is 1. The number of aliphatic imine (C=N–C) groups is 1. The third-order valence-corrected chi connectivity index (χ3v) is 3.69. The third kappa shape index (κ3) is 3.40. The van der Waals surface area contributed by atoms with Crippen LogP contribution in [0.4, 0.5) is 5.69 Å². The lowest BCUT2D eigenvalue weighted by Crippen LogP contribution is -2.06. The topological polar surface area (TPSA) is 91.0 Å². The van der Waals surface area contributed by atoms with E-state index in [1.165, 1.54) is 6.07 Å². The second-order valence-corrected chi connectivity index (χ2v) is 5.37. The summed E-state index contributed by atoms with van der Waals surface area (Å²) >= 11 is 0. The Balaban J connectivity index is 1.93. The normalized spacial score (nSPS) is 15.0. The zero-order valence-corrected chi connectivity index (χ0v) is 13.6. The first-order chi connectivity index (χ1) is 12.0. The number of carbonyl (C=O) groups excluding carboxylic acids is 1. The highest BCUT2D eigenvalue weighted by molar-refractivity contribution is 6.13. The number of aryl methyl sites for hydroxylation is 1. The van der Waals surface area contributed by atoms with Crippen LogP contribution in [0.15, 0.2) is 53.2 Å². The summed E-state index contributed by atoms with van der Waals surface area (Å²) in [6.07, 6.45) is 1.58. The Morgan fingerprint density at radius 2 is 1.92 bits per heavy atom. The Morgan fingerprint density at radius 3 is 2.56 bits per heavy atom. The minimum absolute atomic E-state index is 0.0489. The summed E-state index contributed by atoms with van der Waals surface area (Å²) in [5, 5.41) is 11.0. The van der Waals surface area contributed by atoms with E-state index in [-0.39, 0.29) is 17.3 Å². The van der Waals surface area contributed by atoms with Crippen molar-refractivity contribution in [3.63, 3.8) is 0 Å². The van der Waals surface area contributed by atoms with Gasteiger partial charge in [-0.2, -0.15) is 0 Å². The zero-order chi connectivity index (χ0) is 18.0. The summed E-state index contributed by atoms with van der Waals surface area (Å²) in [4.78, 5) is 26.7. The number of hydrogen-bond acceptors (Lipinski definition) is 6. The van der Waals surface area contributed by atoms with Crippen molar-refractivity contribution >= 4 is 23.6 Å². The Hall–Kier alpha value is -3.48. The molecule has 0 amide bonds. The van der Waals surface area contributed by atoms with E-state index in [9.17, 15) is 14.9 Å². The Bertz CT molecular complexity index is 914. The molecule has 2 aromatic carbocycles. The van der Waals surface area contributed by atoms with E-state index in [0.717, 1.165) is 5.56 Å². The number of hydrogen-bond donors (Lipinski definition) is 0. The molecule has 0 radical (unpaired) electrons. The number of ether oxygens (including phenoxy) is 2. The summed E-state index contributed by atoms with van der Waals surface area (Å²) in [6.45, 7) is 1.64. The number of nitro groups is 1. The van der Waals surface area contributed by atoms with Crippen LogP contribution < -0.4 is 4.74 Å². The molecule has 1 aliphatic rings. The molecule has 0 spiro atoms. The number of nitrogens with zero attached hydrogens (tertiary/aromatic N) is 2. The molecular weight excluding hydrogens is 324 g/mol. The first-order valence-corrected chi connectivity index (χ1v) is 7.40. The highest BCUT2D eigenvalue weighted by atomic mass is 16.6. The lowest BCUT2D eigenvalue weighted by atomic mass is 10.1. The van der Waals surface area contributed by atoms with E-state index < -0.39 is 10.9 Å². The molecule has 0 aromatic heterocycles. The Labute approximate surface area is 143 Å². The van der Waals surface area contributed by atoms with Crippen molar-refractivity contribution in [2.45, 2.75) is 6.92 Å². The fourth-order valence-corrected chi connectivity index (χ4v) is 2.33. The summed E-state index contributed by atoms with van der Waals surface area (Å²) in [5.41, 5.74) is 1.73. The molecule has 0 unspecified atom stereocenters. The average Bonchev–Trinajstić information content (AvgIpc) is 2.96. The standard InChI is InChI=1S/C18H14N2O5/c1-11-3-6-13(10-16(11)20(22)23)17-19-15(18(21)25-17)9-12-4-7-14(24-2)8-5-12/h3-10H,1-2H3/b15-9-. The maximum Gasteiger partial charge on any atom is 0.363 e. The van der Waals surface area contributed by atoms with Gasteiger partial charge in [-0.15, -0.1) is 0 Å². The number of carbonyl (C=O) groups is 1. The van der Waals surface area contributed by atoms with Gasteiger partial charge in [0.2, 0.25) is 5.90 Å². The minimum Gasteiger partial charge on any atom is -0.497 e. The van der Waals surface area contributed by atoms with Crippen LogP contribution in [-0.2, 0) is 9.53 Å². The van der Waals surface area contributed by atoms with Crippen LogP contribution in [0.25, 0.3) is 6.08 Å². The number of rotatable bonds is 4. The average molecular weight is 338 g/mol. The van der Waals surface area contributed by atoms with E-state index in [0.29, 0.717) is 16.9 Å². The predicted octanol–water partition coefficient (Wildman–Crippen LogP) is 3.26. The van der Waals surface area contributed by atoms with Crippen molar-refractivity contribution in [1.82, 2.24) is 0 Å². The summed E-state index contributed by atoms with van der Waals surface area (Å²) in [5.74, 6) is 0.147. The van der Waals surface area contributed by atoms with E-state index in [1.54, 1.807) is 56.5 Å². The second-order valence-electron chi connectivity index (χ2n) is 5.37. The molecule has 126 valence electrons. The quantitative estimate of drug-likeness (QED) is 0.369. The zero-order valence-electron chi connectivity index (χ0n) is 13.6. The van der Waals surface area contributed by atoms with Gasteiger partial charge in [0.15, 0.2) is 5.70 Å². The van der Waals surface area contributed by atoms with Gasteiger partial charge in [0.05, 0.1) is 12.0 Å². The van der Waals surface area contributed by atoms with Crippen LogP contribution in [0, 0.1) is 17.0 Å². The van der Waals surface area contributed by atoms with E-state index in [1.807, 2.05) is 0 Å². The predicted molar refractivity (Wildman–Crippen MR) is 91.4 cm³/mol. The van der Waals surface area contributed by atoms with Gasteiger partial charge in [0, 0.05) is 17.2 Å². The van der Waals surface area contributed by atoms with Gasteiger partial charge in [-0.25, -0.2) is 9.79 Å². The molecule has 1 heterocycles. The van der Waals surface area contributed by atoms with Crippen LogP contribution in [0.5, 0.6) is 5.75 Å². The van der Waals surface area contributed by atoms with Crippen molar-refractivity contribution in [3.05, 3.63) is 75.0 Å². The van der Waals surface area contributed by atoms with Gasteiger partial charge < -0.3 is 9.47 Å². The molecule has 7 nitrogen and oxygen atoms in total. The van der Waals surface area contributed by atoms with E-state index >= 15 is 0 Å². The SMILES string of the molecule is COc1ccc(/C=C2\N=C(c3ccc(C)c([N+](=O)[O-])c3)OC2=O)cc1. The molecule has 0 saturated carbocycles. The number of esters is 1. The first kappa shape index (κ1) is 16.4. The lowest BCUT2D eigenvalue weighted by Gasteiger charge is -2.01. The van der Waals surface area contributed by atoms with Crippen molar-refractivity contribution in [2.24, 2.45) is 4.99 Å². The van der Waals surface area contributed by atoms with Crippen molar-refractivity contribution in [1.29, 1.82) is 0 Å². The molecule has 3 rings (SSSR count). The van der Waals surface area contributed by atoms with E-state index in [4.69, 9.17) is 9.47 Å². The molecule has 0 aliphatic carbocycles. The maximum absolute atomic E-state index is 12.0. The Morgan fingerprint density at radius 1 is 1.20 bits per heavy atom. The van der Waals surface area contributed by atoms with Crippen molar-refractivity contribution in [2.75, 3.05) is 7.11 Å². The van der Waals surface area contributed by atoms with Gasteiger partial charge in [-0.3, -0.25) is 10.1 Å². The van der Waals surface area contributed by atoms with Gasteiger partial charge in [-0.1, -0.05) is 18.2 Å². The van der Waals surface area contributed by atoms with Crippen molar-refractivity contribution in [3.8, 4) is 5.75 Å². The molecule has 25 heavy (non-hydrogen) atoms. The van der Waals surface area contributed by atoms with Crippen LogP contribution in [-0.4, -0.2) is 23.9 Å². The fraction of sp³-hybridized carbons (Fsp3) is 0.111. The number of methoxy groups -OCH3 is 1. The Kier molecular flexibility index (Phi) is 4.30. The minimum atomic E-state index is -0.603. The third-order valence-electron chi connectivity index (χ3n) is 3.69. The monoisotopic (exact) mass is 338 g/mol. The molecule has 0 N–H and O–H groups in total. The van der Waals surface area contributed by atoms with Crippen LogP contribution in [0.2, 0.25) is 0 Å². The maximum atomic E-state index is 12.0. The molecule has 0 saturated heterocycles. The van der Waals surface area contributed by atoms with Crippen LogP contribution in [0.3, 0.4) is 0 Å². The molecule has 0 bridgehead atoms. The fourth-order valence-electron chi connectivity index (χ4n) is 2.33. The van der Waals surface area contributed by atoms with Gasteiger partial charge in [-0.05, 0) is 36.8 Å². The molecule has 7 heteroatoms.